The Morgan fingerprint density at radius 1 is 1.04 bits per heavy atom. The lowest BCUT2D eigenvalue weighted by atomic mass is 10.1. The van der Waals surface area contributed by atoms with Gasteiger partial charge in [-0.1, -0.05) is 32.0 Å². The number of ether oxygens (including phenoxy) is 1. The van der Waals surface area contributed by atoms with Crippen LogP contribution in [-0.4, -0.2) is 42.0 Å². The number of hydrogen-bond acceptors (Lipinski definition) is 4. The van der Waals surface area contributed by atoms with Gasteiger partial charge >= 0.3 is 0 Å². The molecule has 28 heavy (non-hydrogen) atoms. The average Bonchev–Trinajstić information content (AvgIpc) is 2.73. The first kappa shape index (κ1) is 19.6. The molecule has 3 rings (SSSR count). The molecule has 1 aromatic heterocycles. The maximum atomic E-state index is 12.7. The Hall–Kier alpha value is -3.12. The monoisotopic (exact) mass is 379 g/mol. The molecule has 0 aliphatic carbocycles. The van der Waals surface area contributed by atoms with Crippen LogP contribution in [0.15, 0.2) is 59.5 Å². The molecular weight excluding hydrogens is 354 g/mol. The quantitative estimate of drug-likeness (QED) is 0.628. The topological polar surface area (TPSA) is 74.4 Å². The summed E-state index contributed by atoms with van der Waals surface area (Å²) in [5.74, 6) is 0.488. The van der Waals surface area contributed by atoms with Crippen LogP contribution in [0.25, 0.3) is 10.8 Å². The van der Waals surface area contributed by atoms with E-state index in [0.29, 0.717) is 28.6 Å². The number of carbonyl (C=O) groups excluding carboxylic acids is 1. The van der Waals surface area contributed by atoms with Crippen LogP contribution in [0.2, 0.25) is 0 Å². The first-order valence-corrected chi connectivity index (χ1v) is 9.49. The van der Waals surface area contributed by atoms with Crippen molar-refractivity contribution in [3.05, 3.63) is 70.6 Å². The molecule has 1 amide bonds. The van der Waals surface area contributed by atoms with Crippen molar-refractivity contribution < 1.29 is 9.53 Å². The van der Waals surface area contributed by atoms with E-state index in [1.807, 2.05) is 18.2 Å². The number of rotatable bonds is 8. The van der Waals surface area contributed by atoms with Crippen LogP contribution >= 0.6 is 0 Å². The van der Waals surface area contributed by atoms with Crippen molar-refractivity contribution in [3.63, 3.8) is 0 Å². The second kappa shape index (κ2) is 9.19. The van der Waals surface area contributed by atoms with E-state index in [4.69, 9.17) is 4.74 Å². The number of carbonyl (C=O) groups is 1. The van der Waals surface area contributed by atoms with E-state index >= 15 is 0 Å². The number of pyridine rings is 1. The van der Waals surface area contributed by atoms with E-state index in [1.165, 1.54) is 6.20 Å². The molecule has 0 saturated heterocycles. The number of benzene rings is 2. The average molecular weight is 379 g/mol. The summed E-state index contributed by atoms with van der Waals surface area (Å²) in [6.07, 6.45) is 1.45. The van der Waals surface area contributed by atoms with Crippen molar-refractivity contribution in [1.82, 2.24) is 9.88 Å². The summed E-state index contributed by atoms with van der Waals surface area (Å²) in [7, 11) is 0. The number of anilines is 1. The third-order valence-corrected chi connectivity index (χ3v) is 4.74. The van der Waals surface area contributed by atoms with Crippen molar-refractivity contribution in [3.8, 4) is 5.75 Å². The number of hydrogen-bond donors (Lipinski definition) is 2. The van der Waals surface area contributed by atoms with Crippen LogP contribution in [-0.2, 0) is 0 Å². The minimum absolute atomic E-state index is 0.210. The van der Waals surface area contributed by atoms with Crippen molar-refractivity contribution >= 4 is 22.4 Å². The molecule has 1 heterocycles. The highest BCUT2D eigenvalue weighted by molar-refractivity contribution is 6.12. The molecule has 0 bridgehead atoms. The highest BCUT2D eigenvalue weighted by Crippen LogP contribution is 2.19. The van der Waals surface area contributed by atoms with Crippen LogP contribution in [0.4, 0.5) is 5.69 Å². The van der Waals surface area contributed by atoms with Gasteiger partial charge in [-0.15, -0.1) is 0 Å². The Labute approximate surface area is 164 Å². The van der Waals surface area contributed by atoms with Crippen LogP contribution in [0, 0.1) is 0 Å². The standard InChI is InChI=1S/C22H25N3O3/c1-3-25(4-2)13-14-28-17-11-9-16(10-12-17)24-22(27)20-15-23-21(26)19-8-6-5-7-18(19)20/h5-12,15H,3-4,13-14H2,1-2H3,(H,23,26)(H,24,27). The fourth-order valence-corrected chi connectivity index (χ4v) is 3.06. The number of H-pyrrole nitrogens is 1. The van der Waals surface area contributed by atoms with Gasteiger partial charge in [0.15, 0.2) is 0 Å². The summed E-state index contributed by atoms with van der Waals surface area (Å²) in [6.45, 7) is 7.77. The summed E-state index contributed by atoms with van der Waals surface area (Å²) in [6, 6.07) is 14.3. The van der Waals surface area contributed by atoms with Gasteiger partial charge in [-0.3, -0.25) is 9.59 Å². The van der Waals surface area contributed by atoms with E-state index < -0.39 is 0 Å². The Kier molecular flexibility index (Phi) is 6.45. The smallest absolute Gasteiger partial charge is 0.257 e. The Bertz CT molecular complexity index is 992. The third kappa shape index (κ3) is 4.58. The first-order chi connectivity index (χ1) is 13.6. The zero-order valence-corrected chi connectivity index (χ0v) is 16.2. The van der Waals surface area contributed by atoms with Crippen LogP contribution in [0.1, 0.15) is 24.2 Å². The number of aromatic amines is 1. The second-order valence-corrected chi connectivity index (χ2v) is 6.43. The molecule has 146 valence electrons. The van der Waals surface area contributed by atoms with Crippen molar-refractivity contribution in [1.29, 1.82) is 0 Å². The zero-order chi connectivity index (χ0) is 19.9. The predicted octanol–water partition coefficient (Wildman–Crippen LogP) is 3.50. The van der Waals surface area contributed by atoms with Gasteiger partial charge in [-0.25, -0.2) is 0 Å². The summed E-state index contributed by atoms with van der Waals surface area (Å²) >= 11 is 0. The first-order valence-electron chi connectivity index (χ1n) is 9.49. The van der Waals surface area contributed by atoms with Gasteiger partial charge in [-0.2, -0.15) is 0 Å². The lowest BCUT2D eigenvalue weighted by Crippen LogP contribution is -2.27. The molecule has 0 aliphatic rings. The van der Waals surface area contributed by atoms with Crippen molar-refractivity contribution in [2.24, 2.45) is 0 Å². The molecular formula is C22H25N3O3. The largest absolute Gasteiger partial charge is 0.492 e. The lowest BCUT2D eigenvalue weighted by Gasteiger charge is -2.18. The van der Waals surface area contributed by atoms with Gasteiger partial charge < -0.3 is 19.9 Å². The van der Waals surface area contributed by atoms with Gasteiger partial charge in [0, 0.05) is 29.2 Å². The highest BCUT2D eigenvalue weighted by Gasteiger charge is 2.12. The molecule has 0 atom stereocenters. The molecule has 2 aromatic carbocycles. The highest BCUT2D eigenvalue weighted by atomic mass is 16.5. The minimum Gasteiger partial charge on any atom is -0.492 e. The zero-order valence-electron chi connectivity index (χ0n) is 16.2. The SMILES string of the molecule is CCN(CC)CCOc1ccc(NC(=O)c2c[nH]c(=O)c3ccccc23)cc1. The molecule has 2 N–H and O–H groups in total. The Balaban J connectivity index is 1.65. The molecule has 6 nitrogen and oxygen atoms in total. The van der Waals surface area contributed by atoms with Gasteiger partial charge in [0.05, 0.1) is 5.56 Å². The van der Waals surface area contributed by atoms with Gasteiger partial charge in [0.25, 0.3) is 11.5 Å². The van der Waals surface area contributed by atoms with E-state index in [9.17, 15) is 9.59 Å². The van der Waals surface area contributed by atoms with Crippen molar-refractivity contribution in [2.75, 3.05) is 31.6 Å². The Morgan fingerprint density at radius 2 is 1.71 bits per heavy atom. The molecule has 6 heteroatoms. The molecule has 0 unspecified atom stereocenters. The van der Waals surface area contributed by atoms with Crippen LogP contribution in [0.3, 0.4) is 0 Å². The number of nitrogens with zero attached hydrogens (tertiary/aromatic N) is 1. The van der Waals surface area contributed by atoms with Crippen LogP contribution < -0.4 is 15.6 Å². The molecule has 0 fully saturated rings. The molecule has 0 radical (unpaired) electrons. The predicted molar refractivity (Wildman–Crippen MR) is 112 cm³/mol. The van der Waals surface area contributed by atoms with E-state index in [-0.39, 0.29) is 11.5 Å². The normalized spacial score (nSPS) is 11.0. The third-order valence-electron chi connectivity index (χ3n) is 4.74. The maximum Gasteiger partial charge on any atom is 0.257 e. The Morgan fingerprint density at radius 3 is 2.39 bits per heavy atom. The van der Waals surface area contributed by atoms with Crippen LogP contribution in [0.5, 0.6) is 5.75 Å². The summed E-state index contributed by atoms with van der Waals surface area (Å²) < 4.78 is 5.76. The lowest BCUT2D eigenvalue weighted by molar-refractivity contribution is 0.102. The number of nitrogens with one attached hydrogen (secondary N) is 2. The fourth-order valence-electron chi connectivity index (χ4n) is 3.06. The number of fused-ring (bicyclic) bond motifs is 1. The van der Waals surface area contributed by atoms with Gasteiger partial charge in [0.1, 0.15) is 12.4 Å². The fraction of sp³-hybridized carbons (Fsp3) is 0.273. The van der Waals surface area contributed by atoms with E-state index in [0.717, 1.165) is 25.4 Å². The number of likely N-dealkylation sites (N-methyl/N-ethyl adjacent to an activating group) is 1. The number of amides is 1. The number of aromatic nitrogens is 1. The van der Waals surface area contributed by atoms with E-state index in [1.54, 1.807) is 30.3 Å². The minimum atomic E-state index is -0.275. The molecule has 3 aromatic rings. The summed E-state index contributed by atoms with van der Waals surface area (Å²) in [5.41, 5.74) is 0.879. The second-order valence-electron chi connectivity index (χ2n) is 6.43. The summed E-state index contributed by atoms with van der Waals surface area (Å²) in [5, 5.41) is 3.98. The maximum absolute atomic E-state index is 12.7. The summed E-state index contributed by atoms with van der Waals surface area (Å²) in [4.78, 5) is 29.5. The van der Waals surface area contributed by atoms with Gasteiger partial charge in [-0.05, 0) is 43.4 Å². The molecule has 0 aliphatic heterocycles. The molecule has 0 spiro atoms. The van der Waals surface area contributed by atoms with E-state index in [2.05, 4.69) is 29.0 Å². The van der Waals surface area contributed by atoms with Gasteiger partial charge in [0.2, 0.25) is 0 Å². The molecule has 0 saturated carbocycles. The van der Waals surface area contributed by atoms with Crippen molar-refractivity contribution in [2.45, 2.75) is 13.8 Å².